The average molecular weight is 349 g/mol. The lowest BCUT2D eigenvalue weighted by molar-refractivity contribution is 0.339. The molecule has 0 radical (unpaired) electrons. The molecule has 6 nitrogen and oxygen atoms in total. The van der Waals surface area contributed by atoms with Crippen molar-refractivity contribution in [3.8, 4) is 17.2 Å². The summed E-state index contributed by atoms with van der Waals surface area (Å²) in [6.07, 6.45) is 0. The molecule has 1 aromatic carbocycles. The second kappa shape index (κ2) is 8.44. The highest BCUT2D eigenvalue weighted by atomic mass is 32.1. The summed E-state index contributed by atoms with van der Waals surface area (Å²) in [5.74, 6) is 1.46. The number of hydrogen-bond donors (Lipinski definition) is 3. The molecule has 0 spiro atoms. The molecule has 0 unspecified atom stereocenters. The Morgan fingerprint density at radius 1 is 1.12 bits per heavy atom. The van der Waals surface area contributed by atoms with E-state index in [0.717, 1.165) is 12.1 Å². The molecule has 0 aliphatic rings. The lowest BCUT2D eigenvalue weighted by Gasteiger charge is -2.14. The maximum absolute atomic E-state index is 9.94. The van der Waals surface area contributed by atoms with E-state index in [4.69, 9.17) is 9.47 Å². The monoisotopic (exact) mass is 349 g/mol. The number of thiophene rings is 1. The number of hydrogen-bond acceptors (Lipinski definition) is 5. The smallest absolute Gasteiger partial charge is 0.200 e. The first-order chi connectivity index (χ1) is 11.6. The molecule has 0 aliphatic carbocycles. The lowest BCUT2D eigenvalue weighted by atomic mass is 10.2. The van der Waals surface area contributed by atoms with Gasteiger partial charge in [0.2, 0.25) is 5.75 Å². The largest absolute Gasteiger partial charge is 0.502 e. The van der Waals surface area contributed by atoms with Gasteiger partial charge in [0.05, 0.1) is 20.8 Å². The van der Waals surface area contributed by atoms with E-state index in [0.29, 0.717) is 24.0 Å². The van der Waals surface area contributed by atoms with Crippen molar-refractivity contribution >= 4 is 17.3 Å². The summed E-state index contributed by atoms with van der Waals surface area (Å²) in [6, 6.07) is 7.74. The highest BCUT2D eigenvalue weighted by Gasteiger charge is 2.11. The highest BCUT2D eigenvalue weighted by Crippen LogP contribution is 2.36. The Hall–Kier alpha value is -2.41. The van der Waals surface area contributed by atoms with Crippen LogP contribution in [0.2, 0.25) is 0 Å². The van der Waals surface area contributed by atoms with Crippen molar-refractivity contribution in [2.75, 3.05) is 21.3 Å². The molecule has 7 heteroatoms. The molecule has 0 amide bonds. The third kappa shape index (κ3) is 4.55. The maximum Gasteiger partial charge on any atom is 0.200 e. The van der Waals surface area contributed by atoms with E-state index >= 15 is 0 Å². The van der Waals surface area contributed by atoms with Crippen LogP contribution in [0.25, 0.3) is 0 Å². The van der Waals surface area contributed by atoms with Crippen LogP contribution in [0.4, 0.5) is 0 Å². The number of nitrogens with zero attached hydrogens (tertiary/aromatic N) is 1. The van der Waals surface area contributed by atoms with Crippen LogP contribution in [0.3, 0.4) is 0 Å². The molecule has 0 fully saturated rings. The van der Waals surface area contributed by atoms with Crippen LogP contribution in [-0.2, 0) is 13.1 Å². The third-order valence-corrected chi connectivity index (χ3v) is 4.45. The van der Waals surface area contributed by atoms with Crippen molar-refractivity contribution in [3.05, 3.63) is 39.6 Å². The summed E-state index contributed by atoms with van der Waals surface area (Å²) < 4.78 is 10.3. The molecule has 0 saturated heterocycles. The number of phenolic OH excluding ortho intramolecular Hbond substituents is 1. The van der Waals surface area contributed by atoms with Gasteiger partial charge in [0.1, 0.15) is 0 Å². The standard InChI is InChI=1S/C17H23N3O3S/c1-11-5-6-13(24-11)10-20-17(18-2)19-9-12-7-14(22-3)16(21)15(8-12)23-4/h5-8,21H,9-10H2,1-4H3,(H2,18,19,20). The average Bonchev–Trinajstić information content (AvgIpc) is 3.01. The van der Waals surface area contributed by atoms with E-state index < -0.39 is 0 Å². The summed E-state index contributed by atoms with van der Waals surface area (Å²) >= 11 is 1.76. The number of methoxy groups -OCH3 is 2. The fraction of sp³-hybridized carbons (Fsp3) is 0.353. The van der Waals surface area contributed by atoms with Crippen LogP contribution in [0.5, 0.6) is 17.2 Å². The van der Waals surface area contributed by atoms with Crippen molar-refractivity contribution in [1.29, 1.82) is 0 Å². The Morgan fingerprint density at radius 3 is 2.25 bits per heavy atom. The van der Waals surface area contributed by atoms with Gasteiger partial charge in [-0.1, -0.05) is 0 Å². The lowest BCUT2D eigenvalue weighted by Crippen LogP contribution is -2.36. The van der Waals surface area contributed by atoms with Crippen LogP contribution < -0.4 is 20.1 Å². The number of benzene rings is 1. The zero-order valence-electron chi connectivity index (χ0n) is 14.3. The van der Waals surface area contributed by atoms with Crippen molar-refractivity contribution in [2.45, 2.75) is 20.0 Å². The van der Waals surface area contributed by atoms with Gasteiger partial charge in [-0.25, -0.2) is 0 Å². The minimum atomic E-state index is -0.000628. The van der Waals surface area contributed by atoms with Crippen molar-refractivity contribution in [1.82, 2.24) is 10.6 Å². The molecule has 0 bridgehead atoms. The molecule has 0 atom stereocenters. The van der Waals surface area contributed by atoms with Crippen LogP contribution in [0.1, 0.15) is 15.3 Å². The first kappa shape index (κ1) is 17.9. The minimum Gasteiger partial charge on any atom is -0.502 e. The number of phenols is 1. The van der Waals surface area contributed by atoms with E-state index in [1.165, 1.54) is 24.0 Å². The number of aliphatic imine (C=N–C) groups is 1. The van der Waals surface area contributed by atoms with Crippen molar-refractivity contribution in [3.63, 3.8) is 0 Å². The third-order valence-electron chi connectivity index (χ3n) is 3.45. The van der Waals surface area contributed by atoms with Crippen LogP contribution in [0, 0.1) is 6.92 Å². The number of rotatable bonds is 6. The topological polar surface area (TPSA) is 75.1 Å². The number of nitrogens with one attached hydrogen (secondary N) is 2. The zero-order chi connectivity index (χ0) is 17.5. The highest BCUT2D eigenvalue weighted by molar-refractivity contribution is 7.11. The molecule has 2 aromatic rings. The fourth-order valence-corrected chi connectivity index (χ4v) is 3.04. The Bertz CT molecular complexity index is 688. The van der Waals surface area contributed by atoms with Gasteiger partial charge in [-0.05, 0) is 36.8 Å². The molecule has 1 aromatic heterocycles. The van der Waals surface area contributed by atoms with Crippen molar-refractivity contribution in [2.24, 2.45) is 4.99 Å². The normalized spacial score (nSPS) is 11.2. The van der Waals surface area contributed by atoms with Crippen molar-refractivity contribution < 1.29 is 14.6 Å². The van der Waals surface area contributed by atoms with E-state index in [1.54, 1.807) is 30.5 Å². The van der Waals surface area contributed by atoms with Crippen LogP contribution >= 0.6 is 11.3 Å². The number of aryl methyl sites for hydroxylation is 1. The molecule has 1 heterocycles. The number of aromatic hydroxyl groups is 1. The molecular formula is C17H23N3O3S. The predicted molar refractivity (Wildman–Crippen MR) is 97.3 cm³/mol. The van der Waals surface area contributed by atoms with Gasteiger partial charge in [-0.15, -0.1) is 11.3 Å². The number of guanidine groups is 1. The SMILES string of the molecule is CN=C(NCc1cc(OC)c(O)c(OC)c1)NCc1ccc(C)s1. The Morgan fingerprint density at radius 2 is 1.75 bits per heavy atom. The molecular weight excluding hydrogens is 326 g/mol. The van der Waals surface area contributed by atoms with Gasteiger partial charge < -0.3 is 25.2 Å². The molecule has 0 aliphatic heterocycles. The first-order valence-corrected chi connectivity index (χ1v) is 8.32. The number of ether oxygens (including phenoxy) is 2. The van der Waals surface area contributed by atoms with Gasteiger partial charge in [0, 0.05) is 23.3 Å². The zero-order valence-corrected chi connectivity index (χ0v) is 15.2. The molecule has 2 rings (SSSR count). The predicted octanol–water partition coefficient (Wildman–Crippen LogP) is 2.64. The van der Waals surface area contributed by atoms with Gasteiger partial charge in [0.15, 0.2) is 17.5 Å². The van der Waals surface area contributed by atoms with E-state index in [9.17, 15) is 5.11 Å². The Kier molecular flexibility index (Phi) is 6.31. The van der Waals surface area contributed by atoms with Gasteiger partial charge in [-0.3, -0.25) is 4.99 Å². The summed E-state index contributed by atoms with van der Waals surface area (Å²) in [4.78, 5) is 6.76. The summed E-state index contributed by atoms with van der Waals surface area (Å²) in [6.45, 7) is 3.34. The summed E-state index contributed by atoms with van der Waals surface area (Å²) in [7, 11) is 4.75. The first-order valence-electron chi connectivity index (χ1n) is 7.51. The van der Waals surface area contributed by atoms with Crippen LogP contribution in [-0.4, -0.2) is 32.3 Å². The maximum atomic E-state index is 9.94. The minimum absolute atomic E-state index is 0.000628. The van der Waals surface area contributed by atoms with E-state index in [-0.39, 0.29) is 5.75 Å². The second-order valence-corrected chi connectivity index (χ2v) is 6.51. The van der Waals surface area contributed by atoms with Gasteiger partial charge in [-0.2, -0.15) is 0 Å². The summed E-state index contributed by atoms with van der Waals surface area (Å²) in [5, 5.41) is 16.5. The van der Waals surface area contributed by atoms with Gasteiger partial charge in [0.25, 0.3) is 0 Å². The van der Waals surface area contributed by atoms with E-state index in [2.05, 4.69) is 34.7 Å². The Balaban J connectivity index is 1.97. The quantitative estimate of drug-likeness (QED) is 0.552. The molecule has 0 saturated carbocycles. The summed E-state index contributed by atoms with van der Waals surface area (Å²) in [5.41, 5.74) is 0.913. The Labute approximate surface area is 146 Å². The second-order valence-electron chi connectivity index (χ2n) is 5.14. The van der Waals surface area contributed by atoms with Crippen LogP contribution in [0.15, 0.2) is 29.3 Å². The molecule has 130 valence electrons. The molecule has 3 N–H and O–H groups in total. The van der Waals surface area contributed by atoms with Gasteiger partial charge >= 0.3 is 0 Å². The van der Waals surface area contributed by atoms with E-state index in [1.807, 2.05) is 0 Å². The molecule has 24 heavy (non-hydrogen) atoms. The fourth-order valence-electron chi connectivity index (χ4n) is 2.21.